The van der Waals surface area contributed by atoms with Gasteiger partial charge in [0.25, 0.3) is 5.91 Å². The fraction of sp³-hybridized carbons (Fsp3) is 0.125. The molecule has 2 N–H and O–H groups in total. The minimum absolute atomic E-state index is 0.00470. The molecule has 2 rings (SSSR count). The van der Waals surface area contributed by atoms with E-state index in [0.29, 0.717) is 5.56 Å². The third-order valence-electron chi connectivity index (χ3n) is 3.10. The van der Waals surface area contributed by atoms with Gasteiger partial charge < -0.3 is 15.2 Å². The van der Waals surface area contributed by atoms with Crippen LogP contribution in [-0.4, -0.2) is 24.1 Å². The summed E-state index contributed by atoms with van der Waals surface area (Å²) in [6.07, 6.45) is 0. The lowest BCUT2D eigenvalue weighted by Crippen LogP contribution is -2.23. The summed E-state index contributed by atoms with van der Waals surface area (Å²) < 4.78 is 4.61. The third-order valence-corrected chi connectivity index (χ3v) is 3.61. The Balaban J connectivity index is 2.06. The van der Waals surface area contributed by atoms with Crippen LogP contribution in [0, 0.1) is 0 Å². The van der Waals surface area contributed by atoms with E-state index in [1.807, 2.05) is 0 Å². The predicted octanol–water partition coefficient (Wildman–Crippen LogP) is 3.42. The summed E-state index contributed by atoms with van der Waals surface area (Å²) in [5.41, 5.74) is 1.19. The number of ether oxygens (including phenoxy) is 1. The number of methoxy groups -OCH3 is 1. The van der Waals surface area contributed by atoms with Crippen molar-refractivity contribution in [2.24, 2.45) is 0 Å². The maximum Gasteiger partial charge on any atom is 0.337 e. The minimum atomic E-state index is -0.510. The van der Waals surface area contributed by atoms with Crippen molar-refractivity contribution in [3.8, 4) is 5.75 Å². The molecule has 0 fully saturated rings. The molecule has 1 amide bonds. The van der Waals surface area contributed by atoms with Crippen LogP contribution in [0.3, 0.4) is 0 Å². The van der Waals surface area contributed by atoms with Crippen LogP contribution in [0.4, 0.5) is 0 Å². The molecule has 0 unspecified atom stereocenters. The van der Waals surface area contributed by atoms with Gasteiger partial charge in [0.2, 0.25) is 0 Å². The lowest BCUT2D eigenvalue weighted by molar-refractivity contribution is 0.0600. The van der Waals surface area contributed by atoms with Crippen molar-refractivity contribution < 1.29 is 19.4 Å². The highest BCUT2D eigenvalue weighted by atomic mass is 35.5. The maximum atomic E-state index is 12.1. The number of hydrogen-bond acceptors (Lipinski definition) is 4. The number of halogens is 2. The van der Waals surface area contributed by atoms with Gasteiger partial charge >= 0.3 is 5.97 Å². The second-order valence-electron chi connectivity index (χ2n) is 4.65. The first-order valence-electron chi connectivity index (χ1n) is 6.56. The number of carbonyl (C=O) groups is 2. The first-order valence-corrected chi connectivity index (χ1v) is 7.31. The summed E-state index contributed by atoms with van der Waals surface area (Å²) in [6.45, 7) is 0.212. The van der Waals surface area contributed by atoms with E-state index in [9.17, 15) is 14.7 Å². The van der Waals surface area contributed by atoms with Crippen molar-refractivity contribution >= 4 is 35.1 Å². The minimum Gasteiger partial charge on any atom is -0.506 e. The maximum absolute atomic E-state index is 12.1. The molecule has 0 saturated carbocycles. The second-order valence-corrected chi connectivity index (χ2v) is 5.50. The molecule has 0 aliphatic carbocycles. The molecule has 0 aliphatic heterocycles. The lowest BCUT2D eigenvalue weighted by atomic mass is 10.1. The molecule has 0 atom stereocenters. The van der Waals surface area contributed by atoms with Crippen LogP contribution >= 0.6 is 23.2 Å². The highest BCUT2D eigenvalue weighted by molar-refractivity contribution is 6.36. The van der Waals surface area contributed by atoms with Crippen molar-refractivity contribution in [3.63, 3.8) is 0 Å². The second kappa shape index (κ2) is 7.35. The molecule has 0 spiro atoms. The average Bonchev–Trinajstić information content (AvgIpc) is 2.55. The van der Waals surface area contributed by atoms with Crippen LogP contribution in [0.5, 0.6) is 5.75 Å². The van der Waals surface area contributed by atoms with E-state index in [1.54, 1.807) is 24.3 Å². The van der Waals surface area contributed by atoms with Gasteiger partial charge in [0.05, 0.1) is 23.3 Å². The summed E-state index contributed by atoms with van der Waals surface area (Å²) in [6, 6.07) is 9.26. The quantitative estimate of drug-likeness (QED) is 0.825. The summed E-state index contributed by atoms with van der Waals surface area (Å²) in [4.78, 5) is 23.4. The third kappa shape index (κ3) is 4.15. The molecule has 23 heavy (non-hydrogen) atoms. The van der Waals surface area contributed by atoms with Crippen LogP contribution in [0.2, 0.25) is 10.0 Å². The molecule has 5 nitrogen and oxygen atoms in total. The molecule has 7 heteroatoms. The molecule has 0 bridgehead atoms. The van der Waals surface area contributed by atoms with Gasteiger partial charge in [-0.3, -0.25) is 4.79 Å². The number of phenols is 1. The highest BCUT2D eigenvalue weighted by Crippen LogP contribution is 2.31. The molecule has 0 heterocycles. The van der Waals surface area contributed by atoms with Gasteiger partial charge in [-0.05, 0) is 29.8 Å². The van der Waals surface area contributed by atoms with Gasteiger partial charge in [-0.15, -0.1) is 0 Å². The van der Waals surface area contributed by atoms with Crippen LogP contribution in [0.1, 0.15) is 26.3 Å². The fourth-order valence-corrected chi connectivity index (χ4v) is 2.39. The zero-order chi connectivity index (χ0) is 17.0. The molecular formula is C16H13Cl2NO4. The van der Waals surface area contributed by atoms with E-state index >= 15 is 0 Å². The molecule has 0 aliphatic rings. The molecule has 2 aromatic rings. The fourth-order valence-electron chi connectivity index (χ4n) is 1.89. The highest BCUT2D eigenvalue weighted by Gasteiger charge is 2.15. The van der Waals surface area contributed by atoms with Crippen LogP contribution in [0.25, 0.3) is 0 Å². The van der Waals surface area contributed by atoms with Gasteiger partial charge in [-0.2, -0.15) is 0 Å². The number of esters is 1. The van der Waals surface area contributed by atoms with Crippen LogP contribution < -0.4 is 5.32 Å². The van der Waals surface area contributed by atoms with E-state index in [-0.39, 0.29) is 27.9 Å². The van der Waals surface area contributed by atoms with Crippen molar-refractivity contribution in [1.29, 1.82) is 0 Å². The van der Waals surface area contributed by atoms with Crippen molar-refractivity contribution in [3.05, 3.63) is 63.1 Å². The Morgan fingerprint density at radius 3 is 2.43 bits per heavy atom. The Hall–Kier alpha value is -2.24. The van der Waals surface area contributed by atoms with Gasteiger partial charge in [0.1, 0.15) is 5.75 Å². The predicted molar refractivity (Wildman–Crippen MR) is 87.1 cm³/mol. The van der Waals surface area contributed by atoms with Crippen molar-refractivity contribution in [2.75, 3.05) is 7.11 Å². The van der Waals surface area contributed by atoms with E-state index < -0.39 is 11.9 Å². The Morgan fingerprint density at radius 2 is 1.83 bits per heavy atom. The number of carbonyl (C=O) groups excluding carboxylic acids is 2. The lowest BCUT2D eigenvalue weighted by Gasteiger charge is -2.09. The summed E-state index contributed by atoms with van der Waals surface area (Å²) in [5.74, 6) is -1.27. The SMILES string of the molecule is COC(=O)c1ccc(CNC(=O)c2cc(Cl)cc(Cl)c2O)cc1. The number of amides is 1. The number of benzene rings is 2. The number of phenolic OH excluding ortho intramolecular Hbond substituents is 1. The Labute approximate surface area is 142 Å². The van der Waals surface area contributed by atoms with Gasteiger partial charge in [-0.1, -0.05) is 35.3 Å². The molecule has 0 saturated heterocycles. The molecule has 0 radical (unpaired) electrons. The zero-order valence-electron chi connectivity index (χ0n) is 12.1. The normalized spacial score (nSPS) is 10.2. The smallest absolute Gasteiger partial charge is 0.337 e. The van der Waals surface area contributed by atoms with Crippen LogP contribution in [0.15, 0.2) is 36.4 Å². The molecular weight excluding hydrogens is 341 g/mol. The average molecular weight is 354 g/mol. The zero-order valence-corrected chi connectivity index (χ0v) is 13.6. The van der Waals surface area contributed by atoms with Gasteiger partial charge in [-0.25, -0.2) is 4.79 Å². The molecule has 2 aromatic carbocycles. The monoisotopic (exact) mass is 353 g/mol. The van der Waals surface area contributed by atoms with E-state index in [0.717, 1.165) is 5.56 Å². The van der Waals surface area contributed by atoms with E-state index in [4.69, 9.17) is 23.2 Å². The first-order chi connectivity index (χ1) is 10.9. The number of hydrogen-bond donors (Lipinski definition) is 2. The Kier molecular flexibility index (Phi) is 5.47. The van der Waals surface area contributed by atoms with Crippen molar-refractivity contribution in [2.45, 2.75) is 6.54 Å². The molecule has 0 aromatic heterocycles. The van der Waals surface area contributed by atoms with E-state index in [2.05, 4.69) is 10.1 Å². The Bertz CT molecular complexity index is 744. The van der Waals surface area contributed by atoms with E-state index in [1.165, 1.54) is 19.2 Å². The number of aromatic hydroxyl groups is 1. The number of rotatable bonds is 4. The van der Waals surface area contributed by atoms with Crippen molar-refractivity contribution in [1.82, 2.24) is 5.32 Å². The summed E-state index contributed by atoms with van der Waals surface area (Å²) in [5, 5.41) is 12.7. The largest absolute Gasteiger partial charge is 0.506 e. The van der Waals surface area contributed by atoms with Crippen LogP contribution in [-0.2, 0) is 11.3 Å². The standard InChI is InChI=1S/C16H13Cl2NO4/c1-23-16(22)10-4-2-9(3-5-10)8-19-15(21)12-6-11(17)7-13(18)14(12)20/h2-7,20H,8H2,1H3,(H,19,21). The number of nitrogens with one attached hydrogen (secondary N) is 1. The van der Waals surface area contributed by atoms with Gasteiger partial charge in [0.15, 0.2) is 0 Å². The molecule has 120 valence electrons. The topological polar surface area (TPSA) is 75.6 Å². The Morgan fingerprint density at radius 1 is 1.17 bits per heavy atom. The summed E-state index contributed by atoms with van der Waals surface area (Å²) >= 11 is 11.6. The summed E-state index contributed by atoms with van der Waals surface area (Å²) in [7, 11) is 1.30. The van der Waals surface area contributed by atoms with Gasteiger partial charge in [0, 0.05) is 11.6 Å². The first kappa shape index (κ1) is 17.1.